The summed E-state index contributed by atoms with van der Waals surface area (Å²) in [5, 5.41) is 17.0. The van der Waals surface area contributed by atoms with Crippen LogP contribution >= 0.6 is 11.6 Å². The molecule has 1 saturated heterocycles. The van der Waals surface area contributed by atoms with E-state index in [-0.39, 0.29) is 59.4 Å². The molecule has 0 radical (unpaired) electrons. The Morgan fingerprint density at radius 3 is 2.65 bits per heavy atom. The smallest absolute Gasteiger partial charge is 0.416 e. The van der Waals surface area contributed by atoms with Crippen LogP contribution in [0, 0.1) is 0 Å². The Bertz CT molecular complexity index is 2090. The Morgan fingerprint density at radius 1 is 1.20 bits per heavy atom. The highest BCUT2D eigenvalue weighted by molar-refractivity contribution is 6.33. The molecule has 2 N–H and O–H groups in total. The molecule has 2 amide bonds. The molecule has 3 aliphatic heterocycles. The molecule has 1 unspecified atom stereocenters. The number of nitrogens with one attached hydrogen (secondary N) is 1. The summed E-state index contributed by atoms with van der Waals surface area (Å²) < 4.78 is 54.2. The Labute approximate surface area is 280 Å². The molecule has 1 fully saturated rings. The van der Waals surface area contributed by atoms with Crippen molar-refractivity contribution in [3.05, 3.63) is 86.3 Å². The van der Waals surface area contributed by atoms with Crippen LogP contribution in [-0.4, -0.2) is 72.3 Å². The number of benzene rings is 1. The number of alkyl halides is 3. The maximum absolute atomic E-state index is 14.3. The van der Waals surface area contributed by atoms with Gasteiger partial charge in [0, 0.05) is 19.3 Å². The van der Waals surface area contributed by atoms with Gasteiger partial charge in [0.15, 0.2) is 11.5 Å². The third-order valence-corrected chi connectivity index (χ3v) is 9.31. The van der Waals surface area contributed by atoms with Gasteiger partial charge in [0.2, 0.25) is 11.7 Å². The molecule has 0 saturated carbocycles. The highest BCUT2D eigenvalue weighted by atomic mass is 35.5. The summed E-state index contributed by atoms with van der Waals surface area (Å²) in [5.74, 6) is -0.983. The second-order valence-electron chi connectivity index (χ2n) is 12.0. The van der Waals surface area contributed by atoms with Crippen LogP contribution in [0.4, 0.5) is 18.9 Å². The molecule has 17 heteroatoms. The first kappa shape index (κ1) is 32.7. The Morgan fingerprint density at radius 2 is 1.98 bits per heavy atom. The standard InChI is InChI=1S/C32H29ClF3N7O6/c1-17-26-24(31(49-17)8-11-41(12-9-31)29(47)25-22(44)3-2-10-37-25)28(46)43-30(39-27(40-43)18-6-13-48-14-7-18)42(26)16-23(45)38-21-5-4-19(15-20(21)33)32(34,35)36/h2-6,10,15,17,44H,7-9,11-14,16H2,1H3,(H,38,45). The fraction of sp³-hybridized carbons (Fsp3) is 0.375. The molecule has 4 aromatic rings. The van der Waals surface area contributed by atoms with E-state index in [1.165, 1.54) is 27.8 Å². The topological polar surface area (TPSA) is 153 Å². The van der Waals surface area contributed by atoms with E-state index < -0.39 is 47.4 Å². The number of rotatable bonds is 5. The van der Waals surface area contributed by atoms with Gasteiger partial charge in [-0.2, -0.15) is 22.7 Å². The predicted molar refractivity (Wildman–Crippen MR) is 168 cm³/mol. The average Bonchev–Trinajstić information content (AvgIpc) is 3.64. The number of aromatic nitrogens is 5. The number of halogens is 4. The molecule has 3 aliphatic rings. The molecular formula is C32H29ClF3N7O6. The molecule has 1 spiro atoms. The van der Waals surface area contributed by atoms with Crippen molar-refractivity contribution >= 4 is 40.5 Å². The van der Waals surface area contributed by atoms with Gasteiger partial charge in [0.05, 0.1) is 46.8 Å². The van der Waals surface area contributed by atoms with Gasteiger partial charge in [-0.25, -0.2) is 4.98 Å². The number of likely N-dealkylation sites (tertiary alicyclic amines) is 1. The summed E-state index contributed by atoms with van der Waals surface area (Å²) in [6.07, 6.45) is -1.12. The van der Waals surface area contributed by atoms with Crippen molar-refractivity contribution < 1.29 is 37.3 Å². The van der Waals surface area contributed by atoms with Gasteiger partial charge < -0.3 is 29.4 Å². The number of amides is 2. The first-order chi connectivity index (χ1) is 23.4. The van der Waals surface area contributed by atoms with E-state index in [0.717, 1.165) is 28.3 Å². The maximum atomic E-state index is 14.3. The highest BCUT2D eigenvalue weighted by Crippen LogP contribution is 2.48. The molecule has 1 aromatic carbocycles. The SMILES string of the molecule is CC1OC2(CCN(C(=O)c3ncccc3O)CC2)c2c1n(CC(=O)Nc1ccc(C(F)(F)F)cc1Cl)c1nc(C3=CCOCC3)nn1c2=O. The lowest BCUT2D eigenvalue weighted by molar-refractivity contribution is -0.137. The van der Waals surface area contributed by atoms with Crippen molar-refractivity contribution in [3.8, 4) is 5.75 Å². The number of piperidine rings is 1. The number of carbonyl (C=O) groups is 2. The number of fused-ring (bicyclic) bond motifs is 3. The van der Waals surface area contributed by atoms with Gasteiger partial charge in [0.25, 0.3) is 11.5 Å². The number of hydrogen-bond acceptors (Lipinski definition) is 9. The van der Waals surface area contributed by atoms with Gasteiger partial charge in [-0.15, -0.1) is 5.10 Å². The van der Waals surface area contributed by atoms with Crippen LogP contribution in [-0.2, 0) is 32.6 Å². The van der Waals surface area contributed by atoms with Crippen molar-refractivity contribution in [2.75, 3.05) is 31.6 Å². The monoisotopic (exact) mass is 699 g/mol. The second kappa shape index (κ2) is 12.3. The lowest BCUT2D eigenvalue weighted by atomic mass is 9.85. The minimum Gasteiger partial charge on any atom is -0.505 e. The molecule has 49 heavy (non-hydrogen) atoms. The number of pyridine rings is 1. The third-order valence-electron chi connectivity index (χ3n) is 9.00. The van der Waals surface area contributed by atoms with Gasteiger partial charge in [-0.1, -0.05) is 17.7 Å². The fourth-order valence-electron chi connectivity index (χ4n) is 6.68. The summed E-state index contributed by atoms with van der Waals surface area (Å²) in [6, 6.07) is 5.50. The van der Waals surface area contributed by atoms with Crippen molar-refractivity contribution in [2.45, 2.75) is 50.6 Å². The lowest BCUT2D eigenvalue weighted by Crippen LogP contribution is -2.47. The van der Waals surface area contributed by atoms with Crippen LogP contribution in [0.25, 0.3) is 11.4 Å². The fourth-order valence-corrected chi connectivity index (χ4v) is 6.90. The van der Waals surface area contributed by atoms with E-state index in [4.69, 9.17) is 21.1 Å². The van der Waals surface area contributed by atoms with Gasteiger partial charge >= 0.3 is 6.18 Å². The Balaban J connectivity index is 1.26. The largest absolute Gasteiger partial charge is 0.505 e. The number of carbonyl (C=O) groups excluding carboxylic acids is 2. The van der Waals surface area contributed by atoms with Gasteiger partial charge in [0.1, 0.15) is 17.9 Å². The minimum atomic E-state index is -4.62. The van der Waals surface area contributed by atoms with Crippen LogP contribution in [0.5, 0.6) is 5.75 Å². The first-order valence-electron chi connectivity index (χ1n) is 15.4. The molecule has 1 atom stereocenters. The van der Waals surface area contributed by atoms with Crippen LogP contribution in [0.15, 0.2) is 47.4 Å². The summed E-state index contributed by atoms with van der Waals surface area (Å²) in [7, 11) is 0. The average molecular weight is 700 g/mol. The maximum Gasteiger partial charge on any atom is 0.416 e. The van der Waals surface area contributed by atoms with Crippen LogP contribution in [0.3, 0.4) is 0 Å². The van der Waals surface area contributed by atoms with E-state index in [2.05, 4.69) is 20.4 Å². The molecule has 13 nitrogen and oxygen atoms in total. The third kappa shape index (κ3) is 5.82. The van der Waals surface area contributed by atoms with E-state index in [0.29, 0.717) is 31.2 Å². The quantitative estimate of drug-likeness (QED) is 0.310. The zero-order chi connectivity index (χ0) is 34.7. The zero-order valence-corrected chi connectivity index (χ0v) is 26.7. The molecule has 256 valence electrons. The van der Waals surface area contributed by atoms with Crippen molar-refractivity contribution in [2.24, 2.45) is 0 Å². The van der Waals surface area contributed by atoms with E-state index in [9.17, 15) is 32.7 Å². The van der Waals surface area contributed by atoms with E-state index in [1.54, 1.807) is 6.92 Å². The molecule has 6 heterocycles. The van der Waals surface area contributed by atoms with Gasteiger partial charge in [-0.3, -0.25) is 14.4 Å². The molecule has 7 rings (SSSR count). The van der Waals surface area contributed by atoms with Crippen LogP contribution in [0.1, 0.15) is 65.4 Å². The van der Waals surface area contributed by atoms with E-state index in [1.807, 2.05) is 6.08 Å². The van der Waals surface area contributed by atoms with Crippen molar-refractivity contribution in [3.63, 3.8) is 0 Å². The number of hydrogen-bond donors (Lipinski definition) is 2. The van der Waals surface area contributed by atoms with Crippen molar-refractivity contribution in [1.29, 1.82) is 0 Å². The highest BCUT2D eigenvalue weighted by Gasteiger charge is 2.50. The van der Waals surface area contributed by atoms with Crippen LogP contribution in [0.2, 0.25) is 5.02 Å². The minimum absolute atomic E-state index is 0.0281. The summed E-state index contributed by atoms with van der Waals surface area (Å²) >= 11 is 6.11. The number of nitrogens with zero attached hydrogens (tertiary/aromatic N) is 6. The molecule has 0 aliphatic carbocycles. The number of anilines is 1. The van der Waals surface area contributed by atoms with Crippen LogP contribution < -0.4 is 10.9 Å². The zero-order valence-electron chi connectivity index (χ0n) is 26.0. The van der Waals surface area contributed by atoms with Crippen molar-refractivity contribution in [1.82, 2.24) is 29.0 Å². The summed E-state index contributed by atoms with van der Waals surface area (Å²) in [6.45, 7) is 2.49. The molecule has 0 bridgehead atoms. The molecule has 3 aromatic heterocycles. The summed E-state index contributed by atoms with van der Waals surface area (Å²) in [4.78, 5) is 51.2. The normalized spacial score (nSPS) is 18.8. The number of aromatic hydroxyl groups is 1. The molecular weight excluding hydrogens is 671 g/mol. The lowest BCUT2D eigenvalue weighted by Gasteiger charge is -2.39. The Hall–Kier alpha value is -4.80. The predicted octanol–water partition coefficient (Wildman–Crippen LogP) is 4.33. The van der Waals surface area contributed by atoms with Gasteiger partial charge in [-0.05, 0) is 62.1 Å². The number of ether oxygens (including phenoxy) is 2. The second-order valence-corrected chi connectivity index (χ2v) is 12.4. The first-order valence-corrected chi connectivity index (χ1v) is 15.8. The summed E-state index contributed by atoms with van der Waals surface area (Å²) in [5.41, 5.74) is -1.25. The van der Waals surface area contributed by atoms with E-state index >= 15 is 0 Å². The Kier molecular flexibility index (Phi) is 8.19.